The minimum atomic E-state index is -0.559. The molecule has 0 saturated heterocycles. The number of methoxy groups -OCH3 is 1. The van der Waals surface area contributed by atoms with Gasteiger partial charge in [-0.25, -0.2) is 9.78 Å². The van der Waals surface area contributed by atoms with Crippen LogP contribution in [0.15, 0.2) is 23.6 Å². The van der Waals surface area contributed by atoms with Crippen LogP contribution in [0.3, 0.4) is 0 Å². The molecule has 0 bridgehead atoms. The maximum Gasteiger partial charge on any atom is 0.337 e. The summed E-state index contributed by atoms with van der Waals surface area (Å²) in [5.74, 6) is -0.661. The highest BCUT2D eigenvalue weighted by atomic mass is 32.1. The van der Waals surface area contributed by atoms with Crippen LogP contribution < -0.4 is 0 Å². The van der Waals surface area contributed by atoms with E-state index < -0.39 is 5.97 Å². The average Bonchev–Trinajstić information content (AvgIpc) is 3.28. The van der Waals surface area contributed by atoms with Crippen molar-refractivity contribution < 1.29 is 19.1 Å². The van der Waals surface area contributed by atoms with Crippen molar-refractivity contribution in [1.29, 1.82) is 0 Å². The van der Waals surface area contributed by atoms with Crippen LogP contribution >= 0.6 is 11.3 Å². The maximum absolute atomic E-state index is 13.1. The van der Waals surface area contributed by atoms with Crippen molar-refractivity contribution in [2.75, 3.05) is 7.11 Å². The molecule has 1 fully saturated rings. The Hall–Kier alpha value is -2.34. The summed E-state index contributed by atoms with van der Waals surface area (Å²) < 4.78 is 4.71. The number of aryl methyl sites for hydroxylation is 1. The molecule has 0 amide bonds. The molecule has 2 atom stereocenters. The number of Topliss-reactive ketones (excluding diaryl/α,β-unsaturated/α-hetero) is 1. The van der Waals surface area contributed by atoms with Gasteiger partial charge >= 0.3 is 5.97 Å². The molecule has 1 heterocycles. The highest BCUT2D eigenvalue weighted by Crippen LogP contribution is 2.42. The Morgan fingerprint density at radius 2 is 2.00 bits per heavy atom. The minimum absolute atomic E-state index is 0.0378. The fourth-order valence-electron chi connectivity index (χ4n) is 3.42. The molecule has 2 unspecified atom stereocenters. The Morgan fingerprint density at radius 3 is 2.64 bits per heavy atom. The second-order valence-electron chi connectivity index (χ2n) is 6.29. The molecule has 0 aliphatic heterocycles. The number of thiazole rings is 1. The number of hydrogen-bond acceptors (Lipinski definition) is 6. The quantitative estimate of drug-likeness (QED) is 0.462. The highest BCUT2D eigenvalue weighted by Gasteiger charge is 2.36. The number of nitrogens with zero attached hydrogens (tertiary/aromatic N) is 1. The molecule has 5 nitrogen and oxygen atoms in total. The van der Waals surface area contributed by atoms with Crippen molar-refractivity contribution in [3.8, 4) is 0 Å². The zero-order valence-electron chi connectivity index (χ0n) is 14.2. The SMILES string of the molecule is COC(=O)c1cc(C=O)cc(C(=O)C2CCCC2c2nc(C)cs2)c1. The van der Waals surface area contributed by atoms with Gasteiger partial charge in [0.2, 0.25) is 0 Å². The molecule has 1 aliphatic carbocycles. The third kappa shape index (κ3) is 3.54. The van der Waals surface area contributed by atoms with E-state index in [9.17, 15) is 14.4 Å². The van der Waals surface area contributed by atoms with Gasteiger partial charge < -0.3 is 4.74 Å². The Morgan fingerprint density at radius 1 is 1.24 bits per heavy atom. The first kappa shape index (κ1) is 17.5. The van der Waals surface area contributed by atoms with E-state index in [0.717, 1.165) is 30.0 Å². The zero-order valence-corrected chi connectivity index (χ0v) is 15.0. The zero-order chi connectivity index (χ0) is 18.0. The largest absolute Gasteiger partial charge is 0.465 e. The number of ether oxygens (including phenoxy) is 1. The minimum Gasteiger partial charge on any atom is -0.465 e. The van der Waals surface area contributed by atoms with E-state index in [-0.39, 0.29) is 23.2 Å². The van der Waals surface area contributed by atoms with E-state index in [1.807, 2.05) is 12.3 Å². The molecule has 3 rings (SSSR count). The molecule has 6 heteroatoms. The van der Waals surface area contributed by atoms with Gasteiger partial charge in [-0.2, -0.15) is 0 Å². The standard InChI is InChI=1S/C19H19NO4S/c1-11-10-25-18(20-11)16-5-3-4-15(16)17(22)13-6-12(9-21)7-14(8-13)19(23)24-2/h6-10,15-16H,3-5H2,1-2H3. The first-order valence-electron chi connectivity index (χ1n) is 8.18. The third-order valence-electron chi connectivity index (χ3n) is 4.60. The van der Waals surface area contributed by atoms with Gasteiger partial charge in [0, 0.05) is 34.0 Å². The van der Waals surface area contributed by atoms with Crippen LogP contribution in [-0.4, -0.2) is 30.1 Å². The van der Waals surface area contributed by atoms with Gasteiger partial charge in [0.25, 0.3) is 0 Å². The number of hydrogen-bond donors (Lipinski definition) is 0. The lowest BCUT2D eigenvalue weighted by Crippen LogP contribution is -2.19. The molecule has 1 aromatic heterocycles. The van der Waals surface area contributed by atoms with E-state index in [2.05, 4.69) is 4.98 Å². The molecule has 0 radical (unpaired) electrons. The number of carbonyl (C=O) groups is 3. The van der Waals surface area contributed by atoms with Crippen LogP contribution in [0.4, 0.5) is 0 Å². The van der Waals surface area contributed by atoms with E-state index >= 15 is 0 Å². The fourth-order valence-corrected chi connectivity index (χ4v) is 4.42. The second-order valence-corrected chi connectivity index (χ2v) is 7.18. The van der Waals surface area contributed by atoms with Crippen LogP contribution in [-0.2, 0) is 4.74 Å². The van der Waals surface area contributed by atoms with Gasteiger partial charge in [-0.3, -0.25) is 9.59 Å². The van der Waals surface area contributed by atoms with Gasteiger partial charge in [0.05, 0.1) is 17.7 Å². The Balaban J connectivity index is 1.94. The van der Waals surface area contributed by atoms with Gasteiger partial charge in [-0.05, 0) is 38.0 Å². The van der Waals surface area contributed by atoms with Crippen molar-refractivity contribution in [3.63, 3.8) is 0 Å². The summed E-state index contributed by atoms with van der Waals surface area (Å²) in [5, 5.41) is 2.99. The summed E-state index contributed by atoms with van der Waals surface area (Å²) in [6.45, 7) is 1.95. The van der Waals surface area contributed by atoms with Gasteiger partial charge in [-0.15, -0.1) is 11.3 Å². The molecule has 25 heavy (non-hydrogen) atoms. The topological polar surface area (TPSA) is 73.3 Å². The predicted molar refractivity (Wildman–Crippen MR) is 94.4 cm³/mol. The number of aromatic nitrogens is 1. The molecular weight excluding hydrogens is 338 g/mol. The Kier molecular flexibility index (Phi) is 5.08. The number of ketones is 1. The number of benzene rings is 1. The Labute approximate surface area is 150 Å². The number of aldehydes is 1. The normalized spacial score (nSPS) is 19.6. The molecule has 1 saturated carbocycles. The molecule has 1 aliphatic rings. The van der Waals surface area contributed by atoms with E-state index in [0.29, 0.717) is 17.4 Å². The molecule has 130 valence electrons. The van der Waals surface area contributed by atoms with Crippen LogP contribution in [0.2, 0.25) is 0 Å². The number of esters is 1. The fraction of sp³-hybridized carbons (Fsp3) is 0.368. The van der Waals surface area contributed by atoms with Crippen molar-refractivity contribution in [1.82, 2.24) is 4.98 Å². The monoisotopic (exact) mass is 357 g/mol. The predicted octanol–water partition coefficient (Wildman–Crippen LogP) is 3.82. The molecule has 1 aromatic carbocycles. The lowest BCUT2D eigenvalue weighted by Gasteiger charge is -2.17. The van der Waals surface area contributed by atoms with Crippen LogP contribution in [0.25, 0.3) is 0 Å². The van der Waals surface area contributed by atoms with E-state index in [1.54, 1.807) is 17.4 Å². The lowest BCUT2D eigenvalue weighted by atomic mass is 9.87. The summed E-state index contributed by atoms with van der Waals surface area (Å²) in [4.78, 5) is 40.6. The van der Waals surface area contributed by atoms with Crippen molar-refractivity contribution in [3.05, 3.63) is 51.0 Å². The van der Waals surface area contributed by atoms with Crippen molar-refractivity contribution in [2.24, 2.45) is 5.92 Å². The second kappa shape index (κ2) is 7.27. The maximum atomic E-state index is 13.1. The smallest absolute Gasteiger partial charge is 0.337 e. The van der Waals surface area contributed by atoms with Gasteiger partial charge in [-0.1, -0.05) is 6.42 Å². The Bertz CT molecular complexity index is 827. The van der Waals surface area contributed by atoms with Crippen LogP contribution in [0, 0.1) is 12.8 Å². The molecular formula is C19H19NO4S. The first-order valence-corrected chi connectivity index (χ1v) is 9.06. The van der Waals surface area contributed by atoms with Gasteiger partial charge in [0.1, 0.15) is 6.29 Å². The molecule has 0 spiro atoms. The summed E-state index contributed by atoms with van der Waals surface area (Å²) in [6.07, 6.45) is 3.33. The summed E-state index contributed by atoms with van der Waals surface area (Å²) >= 11 is 1.59. The third-order valence-corrected chi connectivity index (χ3v) is 5.70. The lowest BCUT2D eigenvalue weighted by molar-refractivity contribution is 0.0600. The van der Waals surface area contributed by atoms with E-state index in [1.165, 1.54) is 19.2 Å². The van der Waals surface area contributed by atoms with Gasteiger partial charge in [0.15, 0.2) is 5.78 Å². The average molecular weight is 357 g/mol. The van der Waals surface area contributed by atoms with Crippen molar-refractivity contribution >= 4 is 29.4 Å². The number of carbonyl (C=O) groups excluding carboxylic acids is 3. The first-order chi connectivity index (χ1) is 12.0. The summed E-state index contributed by atoms with van der Waals surface area (Å²) in [5.41, 5.74) is 1.87. The summed E-state index contributed by atoms with van der Waals surface area (Å²) in [7, 11) is 1.27. The van der Waals surface area contributed by atoms with E-state index in [4.69, 9.17) is 4.74 Å². The van der Waals surface area contributed by atoms with Crippen molar-refractivity contribution in [2.45, 2.75) is 32.1 Å². The number of rotatable bonds is 5. The highest BCUT2D eigenvalue weighted by molar-refractivity contribution is 7.09. The van der Waals surface area contributed by atoms with Crippen LogP contribution in [0.5, 0.6) is 0 Å². The van der Waals surface area contributed by atoms with Crippen LogP contribution in [0.1, 0.15) is 67.0 Å². The molecule has 2 aromatic rings. The molecule has 0 N–H and O–H groups in total. The summed E-state index contributed by atoms with van der Waals surface area (Å²) in [6, 6.07) is 4.50.